The lowest BCUT2D eigenvalue weighted by molar-refractivity contribution is 0.329. The highest BCUT2D eigenvalue weighted by atomic mass is 32.2. The average molecular weight is 252 g/mol. The summed E-state index contributed by atoms with van der Waals surface area (Å²) in [6.45, 7) is 4.27. The van der Waals surface area contributed by atoms with Crippen LogP contribution in [0.15, 0.2) is 30.3 Å². The second-order valence-corrected chi connectivity index (χ2v) is 5.42. The average Bonchev–Trinajstić information content (AvgIpc) is 2.33. The molecule has 0 bridgehead atoms. The van der Waals surface area contributed by atoms with Gasteiger partial charge >= 0.3 is 0 Å². The second-order valence-electron chi connectivity index (χ2n) is 3.84. The molecule has 1 aromatic carbocycles. The number of para-hydroxylation sites is 1. The minimum absolute atomic E-state index is 0.920. The van der Waals surface area contributed by atoms with Crippen LogP contribution in [-0.4, -0.2) is 28.3 Å². The number of anilines is 1. The van der Waals surface area contributed by atoms with Gasteiger partial charge in [0.05, 0.1) is 12.5 Å². The van der Waals surface area contributed by atoms with Crippen molar-refractivity contribution in [3.63, 3.8) is 0 Å². The van der Waals surface area contributed by atoms with Gasteiger partial charge in [-0.05, 0) is 18.6 Å². The SMILES string of the molecule is CCCN1CSC(=S)N(c2ccccc2)C1. The first-order valence-electron chi connectivity index (χ1n) is 5.53. The maximum atomic E-state index is 5.41. The van der Waals surface area contributed by atoms with E-state index in [1.54, 1.807) is 11.8 Å². The van der Waals surface area contributed by atoms with Crippen LogP contribution in [0.25, 0.3) is 0 Å². The van der Waals surface area contributed by atoms with Crippen molar-refractivity contribution < 1.29 is 0 Å². The molecule has 0 amide bonds. The van der Waals surface area contributed by atoms with E-state index >= 15 is 0 Å². The molecular weight excluding hydrogens is 236 g/mol. The Labute approximate surface area is 107 Å². The van der Waals surface area contributed by atoms with Crippen molar-refractivity contribution in [1.29, 1.82) is 0 Å². The van der Waals surface area contributed by atoms with Crippen LogP contribution < -0.4 is 4.90 Å². The lowest BCUT2D eigenvalue weighted by Crippen LogP contribution is -2.45. The lowest BCUT2D eigenvalue weighted by Gasteiger charge is -2.36. The van der Waals surface area contributed by atoms with E-state index in [1.807, 2.05) is 6.07 Å². The predicted octanol–water partition coefficient (Wildman–Crippen LogP) is 3.15. The van der Waals surface area contributed by atoms with Gasteiger partial charge in [-0.3, -0.25) is 4.90 Å². The molecule has 1 heterocycles. The fourth-order valence-electron chi connectivity index (χ4n) is 1.77. The van der Waals surface area contributed by atoms with Crippen molar-refractivity contribution in [2.24, 2.45) is 0 Å². The Bertz CT molecular complexity index is 353. The minimum Gasteiger partial charge on any atom is -0.314 e. The molecule has 0 aromatic heterocycles. The van der Waals surface area contributed by atoms with E-state index in [1.165, 1.54) is 12.1 Å². The number of nitrogens with zero attached hydrogens (tertiary/aromatic N) is 2. The Morgan fingerprint density at radius 1 is 1.31 bits per heavy atom. The summed E-state index contributed by atoms with van der Waals surface area (Å²) in [7, 11) is 0. The zero-order chi connectivity index (χ0) is 11.4. The van der Waals surface area contributed by atoms with Crippen molar-refractivity contribution in [2.45, 2.75) is 13.3 Å². The standard InChI is InChI=1S/C12H16N2S2/c1-2-8-13-9-14(12(15)16-10-13)11-6-4-3-5-7-11/h3-7H,2,8-10H2,1H3. The Hall–Kier alpha value is -0.580. The number of rotatable bonds is 3. The monoisotopic (exact) mass is 252 g/mol. The highest BCUT2D eigenvalue weighted by molar-refractivity contribution is 8.23. The van der Waals surface area contributed by atoms with Gasteiger partial charge in [-0.2, -0.15) is 0 Å². The van der Waals surface area contributed by atoms with Gasteiger partial charge < -0.3 is 4.90 Å². The second kappa shape index (κ2) is 5.66. The van der Waals surface area contributed by atoms with E-state index in [4.69, 9.17) is 12.2 Å². The van der Waals surface area contributed by atoms with Gasteiger partial charge in [0, 0.05) is 12.2 Å². The van der Waals surface area contributed by atoms with Crippen LogP contribution in [-0.2, 0) is 0 Å². The third kappa shape index (κ3) is 2.75. The van der Waals surface area contributed by atoms with Gasteiger partial charge in [-0.1, -0.05) is 49.1 Å². The third-order valence-electron chi connectivity index (χ3n) is 2.54. The molecule has 1 aromatic rings. The van der Waals surface area contributed by atoms with Crippen LogP contribution in [0.4, 0.5) is 5.69 Å². The molecule has 86 valence electrons. The van der Waals surface area contributed by atoms with E-state index in [-0.39, 0.29) is 0 Å². The van der Waals surface area contributed by atoms with Crippen LogP contribution in [0.3, 0.4) is 0 Å². The van der Waals surface area contributed by atoms with E-state index in [0.717, 1.165) is 23.4 Å². The first-order chi connectivity index (χ1) is 7.81. The summed E-state index contributed by atoms with van der Waals surface area (Å²) in [5.41, 5.74) is 1.20. The molecule has 0 N–H and O–H groups in total. The number of thioether (sulfide) groups is 1. The molecule has 0 spiro atoms. The Kier molecular flexibility index (Phi) is 4.21. The van der Waals surface area contributed by atoms with Crippen molar-refractivity contribution in [3.8, 4) is 0 Å². The number of hydrogen-bond donors (Lipinski definition) is 0. The molecule has 1 aliphatic rings. The van der Waals surface area contributed by atoms with Gasteiger partial charge in [-0.25, -0.2) is 0 Å². The molecule has 1 saturated heterocycles. The molecule has 0 aliphatic carbocycles. The van der Waals surface area contributed by atoms with Crippen LogP contribution in [0.5, 0.6) is 0 Å². The van der Waals surface area contributed by atoms with Crippen molar-refractivity contribution in [3.05, 3.63) is 30.3 Å². The fourth-order valence-corrected chi connectivity index (χ4v) is 2.91. The Balaban J connectivity index is 2.10. The zero-order valence-corrected chi connectivity index (χ0v) is 11.1. The van der Waals surface area contributed by atoms with Gasteiger partial charge in [0.25, 0.3) is 0 Å². The molecule has 4 heteroatoms. The highest BCUT2D eigenvalue weighted by Gasteiger charge is 2.21. The van der Waals surface area contributed by atoms with Crippen LogP contribution in [0, 0.1) is 0 Å². The maximum absolute atomic E-state index is 5.41. The third-order valence-corrected chi connectivity index (χ3v) is 4.08. The summed E-state index contributed by atoms with van der Waals surface area (Å²) < 4.78 is 0.985. The van der Waals surface area contributed by atoms with Crippen molar-refractivity contribution in [2.75, 3.05) is 24.0 Å². The Morgan fingerprint density at radius 3 is 2.75 bits per heavy atom. The van der Waals surface area contributed by atoms with Gasteiger partial charge in [0.1, 0.15) is 4.32 Å². The lowest BCUT2D eigenvalue weighted by atomic mass is 10.3. The fraction of sp³-hybridized carbons (Fsp3) is 0.417. The summed E-state index contributed by atoms with van der Waals surface area (Å²) >= 11 is 7.16. The summed E-state index contributed by atoms with van der Waals surface area (Å²) in [4.78, 5) is 4.63. The molecule has 1 aliphatic heterocycles. The normalized spacial score (nSPS) is 17.8. The molecule has 0 saturated carbocycles. The molecule has 16 heavy (non-hydrogen) atoms. The molecule has 1 fully saturated rings. The highest BCUT2D eigenvalue weighted by Crippen LogP contribution is 2.24. The van der Waals surface area contributed by atoms with Gasteiger partial charge in [0.15, 0.2) is 0 Å². The quantitative estimate of drug-likeness (QED) is 0.762. The molecular formula is C12H16N2S2. The van der Waals surface area contributed by atoms with Crippen molar-refractivity contribution >= 4 is 34.0 Å². The van der Waals surface area contributed by atoms with Crippen LogP contribution >= 0.6 is 24.0 Å². The largest absolute Gasteiger partial charge is 0.314 e. The summed E-state index contributed by atoms with van der Waals surface area (Å²) in [5.74, 6) is 1.02. The van der Waals surface area contributed by atoms with Crippen LogP contribution in [0.2, 0.25) is 0 Å². The van der Waals surface area contributed by atoms with Gasteiger partial charge in [0.2, 0.25) is 0 Å². The number of thiocarbonyl (C=S) groups is 1. The smallest absolute Gasteiger partial charge is 0.143 e. The van der Waals surface area contributed by atoms with E-state index < -0.39 is 0 Å². The zero-order valence-electron chi connectivity index (χ0n) is 9.43. The summed E-state index contributed by atoms with van der Waals surface area (Å²) in [5, 5.41) is 0. The minimum atomic E-state index is 0.920. The molecule has 2 nitrogen and oxygen atoms in total. The topological polar surface area (TPSA) is 6.48 Å². The molecule has 0 radical (unpaired) electrons. The Morgan fingerprint density at radius 2 is 2.06 bits per heavy atom. The molecule has 0 atom stereocenters. The van der Waals surface area contributed by atoms with E-state index in [0.29, 0.717) is 0 Å². The van der Waals surface area contributed by atoms with Gasteiger partial charge in [-0.15, -0.1) is 0 Å². The van der Waals surface area contributed by atoms with Crippen LogP contribution in [0.1, 0.15) is 13.3 Å². The number of benzene rings is 1. The molecule has 2 rings (SSSR count). The maximum Gasteiger partial charge on any atom is 0.143 e. The van der Waals surface area contributed by atoms with Crippen molar-refractivity contribution in [1.82, 2.24) is 4.90 Å². The first-order valence-corrected chi connectivity index (χ1v) is 6.92. The molecule has 0 unspecified atom stereocenters. The summed E-state index contributed by atoms with van der Waals surface area (Å²) in [6.07, 6.45) is 1.19. The van der Waals surface area contributed by atoms with E-state index in [2.05, 4.69) is 41.0 Å². The van der Waals surface area contributed by atoms with E-state index in [9.17, 15) is 0 Å². The summed E-state index contributed by atoms with van der Waals surface area (Å²) in [6, 6.07) is 10.4. The number of hydrogen-bond acceptors (Lipinski definition) is 3. The predicted molar refractivity (Wildman–Crippen MR) is 75.8 cm³/mol. The first kappa shape index (κ1) is 11.9.